The van der Waals surface area contributed by atoms with Crippen molar-refractivity contribution in [2.75, 3.05) is 13.2 Å². The van der Waals surface area contributed by atoms with E-state index in [1.807, 2.05) is 85.1 Å². The lowest BCUT2D eigenvalue weighted by Crippen LogP contribution is -2.30. The maximum atomic E-state index is 12.8. The van der Waals surface area contributed by atoms with Crippen LogP contribution in [0.2, 0.25) is 0 Å². The Balaban J connectivity index is 4.54. The van der Waals surface area contributed by atoms with Gasteiger partial charge < -0.3 is 14.2 Å². The van der Waals surface area contributed by atoms with Crippen LogP contribution >= 0.6 is 0 Å². The third kappa shape index (κ3) is 48.8. The lowest BCUT2D eigenvalue weighted by Gasteiger charge is -2.18. The van der Waals surface area contributed by atoms with E-state index < -0.39 is 6.10 Å². The molecule has 0 aliphatic heterocycles. The summed E-state index contributed by atoms with van der Waals surface area (Å²) in [6.45, 7) is 6.28. The minimum absolute atomic E-state index is 0.104. The van der Waals surface area contributed by atoms with Gasteiger partial charge in [-0.1, -0.05) is 251 Å². The summed E-state index contributed by atoms with van der Waals surface area (Å²) in [4.78, 5) is 38.0. The highest BCUT2D eigenvalue weighted by Gasteiger charge is 2.19. The Morgan fingerprint density at radius 3 is 0.969 bits per heavy atom. The molecule has 0 aliphatic rings. The average Bonchev–Trinajstić information content (AvgIpc) is 3.29. The summed E-state index contributed by atoms with van der Waals surface area (Å²) in [5.74, 6) is -0.979. The molecule has 0 saturated heterocycles. The number of rotatable bonds is 44. The molecule has 1 unspecified atom stereocenters. The predicted molar refractivity (Wildman–Crippen MR) is 274 cm³/mol. The van der Waals surface area contributed by atoms with Gasteiger partial charge in [0.25, 0.3) is 0 Å². The molecule has 64 heavy (non-hydrogen) atoms. The quantitative estimate of drug-likeness (QED) is 0.0262. The van der Waals surface area contributed by atoms with E-state index >= 15 is 0 Å². The van der Waals surface area contributed by atoms with Crippen LogP contribution in [0.15, 0.2) is 122 Å². The Kier molecular flexibility index (Phi) is 48.1. The van der Waals surface area contributed by atoms with Gasteiger partial charge in [0.05, 0.1) is 0 Å². The maximum Gasteiger partial charge on any atom is 0.306 e. The summed E-state index contributed by atoms with van der Waals surface area (Å²) in [5, 5.41) is 0. The van der Waals surface area contributed by atoms with Gasteiger partial charge >= 0.3 is 17.9 Å². The summed E-state index contributed by atoms with van der Waals surface area (Å²) in [6.07, 6.45) is 70.3. The summed E-state index contributed by atoms with van der Waals surface area (Å²) in [7, 11) is 0. The number of hydrogen-bond donors (Lipinski definition) is 0. The zero-order valence-electron chi connectivity index (χ0n) is 41.0. The van der Waals surface area contributed by atoms with Gasteiger partial charge in [-0.05, 0) is 57.8 Å². The van der Waals surface area contributed by atoms with Crippen molar-refractivity contribution < 1.29 is 28.6 Å². The van der Waals surface area contributed by atoms with E-state index in [0.717, 1.165) is 96.3 Å². The van der Waals surface area contributed by atoms with Gasteiger partial charge in [-0.2, -0.15) is 0 Å². The Labute approximate surface area is 392 Å². The van der Waals surface area contributed by atoms with Crippen molar-refractivity contribution in [3.8, 4) is 0 Å². The summed E-state index contributed by atoms with van der Waals surface area (Å²) < 4.78 is 16.7. The number of carbonyl (C=O) groups is 3. The number of esters is 3. The van der Waals surface area contributed by atoms with Gasteiger partial charge in [-0.25, -0.2) is 0 Å². The predicted octanol–water partition coefficient (Wildman–Crippen LogP) is 16.9. The first-order chi connectivity index (χ1) is 31.5. The molecule has 6 nitrogen and oxygen atoms in total. The maximum absolute atomic E-state index is 12.8. The molecular weight excluding hydrogens is 793 g/mol. The zero-order chi connectivity index (χ0) is 46.5. The molecule has 0 aromatic heterocycles. The highest BCUT2D eigenvalue weighted by atomic mass is 16.6. The van der Waals surface area contributed by atoms with Gasteiger partial charge in [0.15, 0.2) is 6.10 Å². The van der Waals surface area contributed by atoms with Gasteiger partial charge in [0.1, 0.15) is 13.2 Å². The van der Waals surface area contributed by atoms with Crippen molar-refractivity contribution >= 4 is 17.9 Å². The summed E-state index contributed by atoms with van der Waals surface area (Å²) >= 11 is 0. The molecule has 0 fully saturated rings. The molecule has 0 spiro atoms. The van der Waals surface area contributed by atoms with E-state index in [1.54, 1.807) is 0 Å². The fourth-order valence-electron chi connectivity index (χ4n) is 6.66. The molecule has 0 heterocycles. The largest absolute Gasteiger partial charge is 0.462 e. The SMILES string of the molecule is CC\C=C/C=C\C=C/C=C\C=C\C=C/CCCCCC(=O)OCC(COC(=O)CCCCCCCCCCCCCCCC)OC(=O)CCCCCCC\C=C/C=C\C=C/C=C\CC. The number of unbranched alkanes of at least 4 members (excludes halogenated alkanes) is 21. The molecule has 0 aromatic carbocycles. The molecule has 0 saturated carbocycles. The zero-order valence-corrected chi connectivity index (χ0v) is 41.0. The highest BCUT2D eigenvalue weighted by molar-refractivity contribution is 5.71. The number of ether oxygens (including phenoxy) is 3. The number of carbonyl (C=O) groups excluding carboxylic acids is 3. The fraction of sp³-hybridized carbons (Fsp3) is 0.603. The smallest absolute Gasteiger partial charge is 0.306 e. The van der Waals surface area contributed by atoms with E-state index in [4.69, 9.17) is 14.2 Å². The van der Waals surface area contributed by atoms with E-state index in [-0.39, 0.29) is 37.5 Å². The molecule has 6 heteroatoms. The molecule has 0 rings (SSSR count). The van der Waals surface area contributed by atoms with Crippen molar-refractivity contribution in [1.82, 2.24) is 0 Å². The van der Waals surface area contributed by atoms with Gasteiger partial charge in [-0.3, -0.25) is 14.4 Å². The Morgan fingerprint density at radius 1 is 0.328 bits per heavy atom. The van der Waals surface area contributed by atoms with Gasteiger partial charge in [-0.15, -0.1) is 0 Å². The van der Waals surface area contributed by atoms with Crippen LogP contribution in [0.25, 0.3) is 0 Å². The topological polar surface area (TPSA) is 78.9 Å². The van der Waals surface area contributed by atoms with Crippen molar-refractivity contribution in [3.63, 3.8) is 0 Å². The van der Waals surface area contributed by atoms with Crippen molar-refractivity contribution in [2.45, 2.75) is 213 Å². The highest BCUT2D eigenvalue weighted by Crippen LogP contribution is 2.15. The van der Waals surface area contributed by atoms with Crippen LogP contribution in [-0.4, -0.2) is 37.2 Å². The molecule has 0 aliphatic carbocycles. The van der Waals surface area contributed by atoms with Crippen molar-refractivity contribution in [2.24, 2.45) is 0 Å². The first kappa shape index (κ1) is 59.8. The summed E-state index contributed by atoms with van der Waals surface area (Å²) in [5.41, 5.74) is 0. The second-order valence-electron chi connectivity index (χ2n) is 16.6. The fourth-order valence-corrected chi connectivity index (χ4v) is 6.66. The van der Waals surface area contributed by atoms with Crippen LogP contribution in [0.1, 0.15) is 207 Å². The minimum atomic E-state index is -0.810. The Morgan fingerprint density at radius 2 is 0.609 bits per heavy atom. The van der Waals surface area contributed by atoms with Gasteiger partial charge in [0, 0.05) is 19.3 Å². The average molecular weight is 885 g/mol. The number of allylic oxidation sites excluding steroid dienone is 20. The lowest BCUT2D eigenvalue weighted by atomic mass is 10.0. The van der Waals surface area contributed by atoms with Crippen molar-refractivity contribution in [3.05, 3.63) is 122 Å². The molecule has 0 N–H and O–H groups in total. The Bertz CT molecular complexity index is 1390. The molecule has 1 atom stereocenters. The van der Waals surface area contributed by atoms with Gasteiger partial charge in [0.2, 0.25) is 0 Å². The molecule has 360 valence electrons. The van der Waals surface area contributed by atoms with E-state index in [1.165, 1.54) is 70.6 Å². The van der Waals surface area contributed by atoms with E-state index in [0.29, 0.717) is 12.8 Å². The van der Waals surface area contributed by atoms with E-state index in [9.17, 15) is 14.4 Å². The lowest BCUT2D eigenvalue weighted by molar-refractivity contribution is -0.167. The molecule has 0 aromatic rings. The first-order valence-corrected chi connectivity index (χ1v) is 25.7. The normalized spacial score (nSPS) is 13.1. The first-order valence-electron chi connectivity index (χ1n) is 25.7. The number of hydrogen-bond acceptors (Lipinski definition) is 6. The third-order valence-corrected chi connectivity index (χ3v) is 10.5. The second-order valence-corrected chi connectivity index (χ2v) is 16.6. The second kappa shape index (κ2) is 51.4. The molecule has 0 radical (unpaired) electrons. The van der Waals surface area contributed by atoms with Crippen LogP contribution in [0, 0.1) is 0 Å². The molecule has 0 bridgehead atoms. The Hall–Kier alpha value is -4.19. The van der Waals surface area contributed by atoms with Crippen LogP contribution in [-0.2, 0) is 28.6 Å². The van der Waals surface area contributed by atoms with Crippen molar-refractivity contribution in [1.29, 1.82) is 0 Å². The summed E-state index contributed by atoms with van der Waals surface area (Å²) in [6, 6.07) is 0. The van der Waals surface area contributed by atoms with Crippen LogP contribution in [0.3, 0.4) is 0 Å². The van der Waals surface area contributed by atoms with Crippen LogP contribution in [0.5, 0.6) is 0 Å². The van der Waals surface area contributed by atoms with E-state index in [2.05, 4.69) is 57.2 Å². The molecule has 0 amide bonds. The van der Waals surface area contributed by atoms with Crippen LogP contribution in [0.4, 0.5) is 0 Å². The monoisotopic (exact) mass is 885 g/mol. The third-order valence-electron chi connectivity index (χ3n) is 10.5. The molecular formula is C58H92O6. The standard InChI is InChI=1S/C58H92O6/c1-4-7-10-13-16-19-22-25-28-29-31-33-36-39-42-45-48-51-57(60)63-54-55(53-62-56(59)50-47-44-41-38-35-32-27-24-21-18-15-12-9-6-3)64-58(61)52-49-46-43-40-37-34-30-26-23-20-17-14-11-8-5-2/h7-8,10-11,13-14,16-17,19-20,22-23,25-26,28-31,33,36,55H,4-6,9,12,15,18,21,24,27,32,34-35,37-54H2,1-3H3/b10-7-,11-8-,16-13-,17-14-,22-19-,23-20-,28-25-,30-26-,31-29+,36-33-. The van der Waals surface area contributed by atoms with Crippen LogP contribution < -0.4 is 0 Å². The minimum Gasteiger partial charge on any atom is -0.462 e.